The molecule has 1 fully saturated rings. The fourth-order valence-electron chi connectivity index (χ4n) is 2.60. The van der Waals surface area contributed by atoms with Gasteiger partial charge in [0.05, 0.1) is 12.6 Å². The molecule has 0 aromatic heterocycles. The summed E-state index contributed by atoms with van der Waals surface area (Å²) in [6.45, 7) is 9.78. The van der Waals surface area contributed by atoms with E-state index < -0.39 is 5.60 Å². The van der Waals surface area contributed by atoms with Crippen LogP contribution in [-0.2, 0) is 4.74 Å². The van der Waals surface area contributed by atoms with Gasteiger partial charge < -0.3 is 9.84 Å². The largest absolute Gasteiger partial charge is 0.444 e. The second-order valence-corrected chi connectivity index (χ2v) is 6.25. The maximum absolute atomic E-state index is 12.3. The van der Waals surface area contributed by atoms with Gasteiger partial charge in [0.15, 0.2) is 0 Å². The Morgan fingerprint density at radius 3 is 2.44 bits per heavy atom. The molecule has 1 saturated heterocycles. The van der Waals surface area contributed by atoms with Crippen LogP contribution in [0.15, 0.2) is 0 Å². The van der Waals surface area contributed by atoms with E-state index in [1.807, 2.05) is 20.8 Å². The Morgan fingerprint density at radius 2 is 2.00 bits per heavy atom. The molecule has 0 aromatic rings. The maximum atomic E-state index is 12.3. The summed E-state index contributed by atoms with van der Waals surface area (Å²) in [5.41, 5.74) is -0.490. The molecule has 0 spiro atoms. The Morgan fingerprint density at radius 1 is 1.39 bits per heavy atom. The molecule has 4 nitrogen and oxygen atoms in total. The molecule has 1 aliphatic heterocycles. The van der Waals surface area contributed by atoms with Crippen molar-refractivity contribution in [3.63, 3.8) is 0 Å². The number of aliphatic hydroxyl groups is 1. The molecule has 4 heteroatoms. The van der Waals surface area contributed by atoms with Crippen LogP contribution in [-0.4, -0.2) is 40.4 Å². The normalized spacial score (nSPS) is 29.2. The van der Waals surface area contributed by atoms with Crippen LogP contribution in [0.4, 0.5) is 4.79 Å². The summed E-state index contributed by atoms with van der Waals surface area (Å²) in [5.74, 6) is 0.324. The molecule has 1 N–H and O–H groups in total. The standard InChI is InChI=1S/C14H27NO3/c1-6-11-8-7-10(2)12(9-16)15(11)13(17)18-14(3,4)5/h10-12,16H,6-9H2,1-5H3/t10?,11?,12-/m0/s1. The van der Waals surface area contributed by atoms with Gasteiger partial charge in [-0.05, 0) is 46.0 Å². The van der Waals surface area contributed by atoms with Gasteiger partial charge in [-0.1, -0.05) is 13.8 Å². The first-order chi connectivity index (χ1) is 8.30. The minimum Gasteiger partial charge on any atom is -0.444 e. The molecule has 0 aromatic carbocycles. The van der Waals surface area contributed by atoms with Crippen molar-refractivity contribution in [2.45, 2.75) is 71.6 Å². The molecule has 18 heavy (non-hydrogen) atoms. The molecular formula is C14H27NO3. The van der Waals surface area contributed by atoms with E-state index in [9.17, 15) is 9.90 Å². The molecule has 1 rings (SSSR count). The molecular weight excluding hydrogens is 230 g/mol. The number of aliphatic hydroxyl groups excluding tert-OH is 1. The first kappa shape index (κ1) is 15.3. The van der Waals surface area contributed by atoms with Gasteiger partial charge in [0.1, 0.15) is 5.60 Å². The average molecular weight is 257 g/mol. The van der Waals surface area contributed by atoms with Crippen molar-refractivity contribution in [3.8, 4) is 0 Å². The lowest BCUT2D eigenvalue weighted by atomic mass is 9.86. The summed E-state index contributed by atoms with van der Waals surface area (Å²) >= 11 is 0. The Labute approximate surface area is 110 Å². The van der Waals surface area contributed by atoms with Gasteiger partial charge in [-0.25, -0.2) is 4.79 Å². The number of piperidine rings is 1. The van der Waals surface area contributed by atoms with Crippen LogP contribution < -0.4 is 0 Å². The van der Waals surface area contributed by atoms with E-state index >= 15 is 0 Å². The van der Waals surface area contributed by atoms with E-state index in [0.717, 1.165) is 19.3 Å². The second kappa shape index (κ2) is 5.91. The zero-order valence-electron chi connectivity index (χ0n) is 12.3. The zero-order valence-corrected chi connectivity index (χ0v) is 12.3. The van der Waals surface area contributed by atoms with Crippen molar-refractivity contribution in [1.29, 1.82) is 0 Å². The third-order valence-corrected chi connectivity index (χ3v) is 3.63. The van der Waals surface area contributed by atoms with Crippen LogP contribution in [0.5, 0.6) is 0 Å². The molecule has 0 saturated carbocycles. The number of carbonyl (C=O) groups is 1. The van der Waals surface area contributed by atoms with Crippen LogP contribution in [0, 0.1) is 5.92 Å². The third-order valence-electron chi connectivity index (χ3n) is 3.63. The predicted octanol–water partition coefficient (Wildman–Crippen LogP) is 2.79. The predicted molar refractivity (Wildman–Crippen MR) is 71.4 cm³/mol. The van der Waals surface area contributed by atoms with Gasteiger partial charge in [0, 0.05) is 6.04 Å². The summed E-state index contributed by atoms with van der Waals surface area (Å²) in [7, 11) is 0. The molecule has 1 amide bonds. The van der Waals surface area contributed by atoms with Crippen molar-refractivity contribution in [3.05, 3.63) is 0 Å². The quantitative estimate of drug-likeness (QED) is 0.827. The number of likely N-dealkylation sites (tertiary alicyclic amines) is 1. The topological polar surface area (TPSA) is 49.8 Å². The summed E-state index contributed by atoms with van der Waals surface area (Å²) in [6, 6.07) is 0.0757. The fourth-order valence-corrected chi connectivity index (χ4v) is 2.60. The van der Waals surface area contributed by atoms with E-state index in [4.69, 9.17) is 4.74 Å². The highest BCUT2D eigenvalue weighted by molar-refractivity contribution is 5.69. The van der Waals surface area contributed by atoms with E-state index in [-0.39, 0.29) is 24.8 Å². The smallest absolute Gasteiger partial charge is 0.410 e. The van der Waals surface area contributed by atoms with Gasteiger partial charge in [-0.15, -0.1) is 0 Å². The van der Waals surface area contributed by atoms with Gasteiger partial charge >= 0.3 is 6.09 Å². The lowest BCUT2D eigenvalue weighted by Crippen LogP contribution is -2.55. The monoisotopic (exact) mass is 257 g/mol. The van der Waals surface area contributed by atoms with Gasteiger partial charge in [-0.3, -0.25) is 4.90 Å². The SMILES string of the molecule is CCC1CCC(C)[C@H](CO)N1C(=O)OC(C)(C)C. The van der Waals surface area contributed by atoms with E-state index in [1.54, 1.807) is 4.90 Å². The van der Waals surface area contributed by atoms with Crippen molar-refractivity contribution in [2.24, 2.45) is 5.92 Å². The van der Waals surface area contributed by atoms with Crippen LogP contribution in [0.25, 0.3) is 0 Å². The lowest BCUT2D eigenvalue weighted by molar-refractivity contribution is -0.0289. The third kappa shape index (κ3) is 3.61. The van der Waals surface area contributed by atoms with Gasteiger partial charge in [0.2, 0.25) is 0 Å². The summed E-state index contributed by atoms with van der Waals surface area (Å²) in [4.78, 5) is 14.1. The van der Waals surface area contributed by atoms with Crippen LogP contribution in [0.2, 0.25) is 0 Å². The molecule has 106 valence electrons. The molecule has 1 aliphatic rings. The average Bonchev–Trinajstić information content (AvgIpc) is 2.26. The van der Waals surface area contributed by atoms with Gasteiger partial charge in [0.25, 0.3) is 0 Å². The molecule has 1 heterocycles. The molecule has 3 atom stereocenters. The van der Waals surface area contributed by atoms with E-state index in [2.05, 4.69) is 13.8 Å². The lowest BCUT2D eigenvalue weighted by Gasteiger charge is -2.44. The summed E-state index contributed by atoms with van der Waals surface area (Å²) in [5, 5.41) is 9.54. The number of rotatable bonds is 2. The van der Waals surface area contributed by atoms with Crippen molar-refractivity contribution in [1.82, 2.24) is 4.90 Å². The summed E-state index contributed by atoms with van der Waals surface area (Å²) in [6.07, 6.45) is 2.67. The number of hydrogen-bond acceptors (Lipinski definition) is 3. The van der Waals surface area contributed by atoms with E-state index in [1.165, 1.54) is 0 Å². The second-order valence-electron chi connectivity index (χ2n) is 6.25. The maximum Gasteiger partial charge on any atom is 0.410 e. The minimum absolute atomic E-state index is 0.0108. The minimum atomic E-state index is -0.490. The highest BCUT2D eigenvalue weighted by atomic mass is 16.6. The Bertz CT molecular complexity index is 285. The Kier molecular flexibility index (Phi) is 5.02. The number of ether oxygens (including phenoxy) is 1. The Hall–Kier alpha value is -0.770. The number of hydrogen-bond donors (Lipinski definition) is 1. The van der Waals surface area contributed by atoms with Crippen LogP contribution >= 0.6 is 0 Å². The Balaban J connectivity index is 2.86. The number of carbonyl (C=O) groups excluding carboxylic acids is 1. The fraction of sp³-hybridized carbons (Fsp3) is 0.929. The van der Waals surface area contributed by atoms with Crippen LogP contribution in [0.1, 0.15) is 53.9 Å². The first-order valence-corrected chi connectivity index (χ1v) is 6.92. The molecule has 0 aliphatic carbocycles. The molecule has 0 radical (unpaired) electrons. The zero-order chi connectivity index (χ0) is 13.9. The molecule has 2 unspecified atom stereocenters. The van der Waals surface area contributed by atoms with Crippen LogP contribution in [0.3, 0.4) is 0 Å². The number of amides is 1. The highest BCUT2D eigenvalue weighted by Crippen LogP contribution is 2.30. The van der Waals surface area contributed by atoms with E-state index in [0.29, 0.717) is 5.92 Å². The van der Waals surface area contributed by atoms with Gasteiger partial charge in [-0.2, -0.15) is 0 Å². The van der Waals surface area contributed by atoms with Crippen molar-refractivity contribution >= 4 is 6.09 Å². The number of nitrogens with zero attached hydrogens (tertiary/aromatic N) is 1. The molecule has 0 bridgehead atoms. The van der Waals surface area contributed by atoms with Crippen molar-refractivity contribution < 1.29 is 14.6 Å². The summed E-state index contributed by atoms with van der Waals surface area (Å²) < 4.78 is 5.47. The first-order valence-electron chi connectivity index (χ1n) is 6.92. The highest BCUT2D eigenvalue weighted by Gasteiger charge is 2.39. The van der Waals surface area contributed by atoms with Crippen molar-refractivity contribution in [2.75, 3.05) is 6.61 Å².